The van der Waals surface area contributed by atoms with Gasteiger partial charge in [0.05, 0.1) is 15.1 Å². The summed E-state index contributed by atoms with van der Waals surface area (Å²) >= 11 is 2.58. The number of thiazole rings is 2. The Bertz CT molecular complexity index is 2040. The van der Waals surface area contributed by atoms with Crippen molar-refractivity contribution >= 4 is 70.7 Å². The molecule has 0 aliphatic carbocycles. The van der Waals surface area contributed by atoms with E-state index in [0.29, 0.717) is 45.0 Å². The van der Waals surface area contributed by atoms with Crippen molar-refractivity contribution < 1.29 is 27.9 Å². The zero-order chi connectivity index (χ0) is 31.7. The third-order valence-corrected chi connectivity index (χ3v) is 10.9. The molecule has 3 N–H and O–H groups in total. The second-order valence-electron chi connectivity index (χ2n) is 10.3. The second kappa shape index (κ2) is 12.4. The van der Waals surface area contributed by atoms with E-state index in [9.17, 15) is 28.0 Å². The summed E-state index contributed by atoms with van der Waals surface area (Å²) in [5.74, 6) is -1.49. The average molecular weight is 664 g/mol. The Labute approximate surface area is 266 Å². The maximum Gasteiger partial charge on any atom is 0.355 e. The largest absolute Gasteiger partial charge is 0.476 e. The monoisotopic (exact) mass is 663 g/mol. The van der Waals surface area contributed by atoms with Crippen molar-refractivity contribution in [3.63, 3.8) is 0 Å². The Hall–Kier alpha value is -4.57. The van der Waals surface area contributed by atoms with Crippen molar-refractivity contribution in [3.8, 4) is 0 Å². The fourth-order valence-electron chi connectivity index (χ4n) is 5.09. The van der Waals surface area contributed by atoms with E-state index in [4.69, 9.17) is 0 Å². The first-order valence-corrected chi connectivity index (χ1v) is 17.0. The van der Waals surface area contributed by atoms with Crippen LogP contribution in [0.5, 0.6) is 0 Å². The van der Waals surface area contributed by atoms with Crippen LogP contribution in [0.3, 0.4) is 0 Å². The number of nitrogens with one attached hydrogen (secondary N) is 2. The number of nitrogens with zero attached hydrogens (tertiary/aromatic N) is 4. The summed E-state index contributed by atoms with van der Waals surface area (Å²) in [4.78, 5) is 48.2. The molecule has 15 heteroatoms. The van der Waals surface area contributed by atoms with E-state index in [1.54, 1.807) is 6.07 Å². The minimum Gasteiger partial charge on any atom is -0.476 e. The lowest BCUT2D eigenvalue weighted by Gasteiger charge is -2.29. The van der Waals surface area contributed by atoms with E-state index in [2.05, 4.69) is 20.0 Å². The predicted molar refractivity (Wildman–Crippen MR) is 172 cm³/mol. The van der Waals surface area contributed by atoms with Gasteiger partial charge in [-0.05, 0) is 48.2 Å². The Morgan fingerprint density at radius 3 is 2.62 bits per heavy atom. The van der Waals surface area contributed by atoms with Crippen LogP contribution in [0.15, 0.2) is 71.6 Å². The lowest BCUT2D eigenvalue weighted by atomic mass is 9.94. The number of aromatic nitrogens is 2. The summed E-state index contributed by atoms with van der Waals surface area (Å²) in [5, 5.41) is 13.8. The number of carboxylic acid groups (broad SMARTS) is 1. The van der Waals surface area contributed by atoms with Crippen molar-refractivity contribution in [2.75, 3.05) is 30.4 Å². The van der Waals surface area contributed by atoms with E-state index in [0.717, 1.165) is 21.3 Å². The van der Waals surface area contributed by atoms with E-state index in [-0.39, 0.29) is 35.1 Å². The highest BCUT2D eigenvalue weighted by Gasteiger charge is 2.27. The van der Waals surface area contributed by atoms with E-state index >= 15 is 0 Å². The van der Waals surface area contributed by atoms with E-state index in [1.165, 1.54) is 54.0 Å². The minimum absolute atomic E-state index is 0.0684. The average Bonchev–Trinajstić information content (AvgIpc) is 3.64. The SMILES string of the molecule is C[N+](=O)c1cccc(S(=O)(=O)NCCc2sc(N3CCc4cccc(C(=O)Nc5nc6ccccc6s5)c4C3)nc2C(=O)O)c1. The van der Waals surface area contributed by atoms with Gasteiger partial charge in [-0.15, -0.1) is 11.3 Å². The van der Waals surface area contributed by atoms with Crippen molar-refractivity contribution in [3.05, 3.63) is 98.9 Å². The highest BCUT2D eigenvalue weighted by molar-refractivity contribution is 7.89. The standard InChI is InChI=1S/C30H26N6O6S3/c1-35(40)19-7-5-8-20(16-19)45(41,42)31-14-12-25-26(28(38)39)33-30(44-25)36-15-13-18-6-4-9-21(22(18)17-36)27(37)34-29-32-23-10-2-3-11-24(23)43-29/h2-11,16,31H,12-15,17H2,1H3,(H-,32,34,37,38,39)/p+1. The predicted octanol–water partition coefficient (Wildman–Crippen LogP) is 4.83. The summed E-state index contributed by atoms with van der Waals surface area (Å²) in [6.07, 6.45) is 0.728. The molecule has 1 aliphatic heterocycles. The van der Waals surface area contributed by atoms with Gasteiger partial charge in [0.2, 0.25) is 10.0 Å². The number of anilines is 2. The Kier molecular flexibility index (Phi) is 8.42. The van der Waals surface area contributed by atoms with Gasteiger partial charge in [0.15, 0.2) is 23.0 Å². The zero-order valence-corrected chi connectivity index (χ0v) is 26.3. The van der Waals surface area contributed by atoms with Gasteiger partial charge in [0, 0.05) is 51.9 Å². The van der Waals surface area contributed by atoms with Crippen LogP contribution in [0.2, 0.25) is 0 Å². The molecule has 0 radical (unpaired) electrons. The molecule has 3 aromatic carbocycles. The van der Waals surface area contributed by atoms with Crippen LogP contribution in [0.25, 0.3) is 10.2 Å². The number of hydrogen-bond acceptors (Lipinski definition) is 10. The molecule has 6 rings (SSSR count). The maximum absolute atomic E-state index is 13.4. The Morgan fingerprint density at radius 1 is 1.04 bits per heavy atom. The summed E-state index contributed by atoms with van der Waals surface area (Å²) in [7, 11) is -2.67. The number of carboxylic acids is 1. The van der Waals surface area contributed by atoms with E-state index < -0.39 is 16.0 Å². The Balaban J connectivity index is 1.18. The first-order valence-electron chi connectivity index (χ1n) is 13.9. The van der Waals surface area contributed by atoms with Crippen molar-refractivity contribution in [2.45, 2.75) is 24.3 Å². The molecule has 1 amide bonds. The van der Waals surface area contributed by atoms with Crippen molar-refractivity contribution in [1.29, 1.82) is 0 Å². The van der Waals surface area contributed by atoms with Gasteiger partial charge in [0.1, 0.15) is 0 Å². The van der Waals surface area contributed by atoms with Crippen LogP contribution >= 0.6 is 22.7 Å². The molecular formula is C30H27N6O6S3+. The number of nitroso groups, excluding NO2 is 1. The summed E-state index contributed by atoms with van der Waals surface area (Å²) in [5.41, 5.74) is 3.22. The van der Waals surface area contributed by atoms with Gasteiger partial charge >= 0.3 is 5.97 Å². The molecule has 0 unspecified atom stereocenters. The normalized spacial score (nSPS) is 13.0. The Morgan fingerprint density at radius 2 is 1.84 bits per heavy atom. The molecule has 0 saturated carbocycles. The number of rotatable bonds is 10. The molecule has 0 fully saturated rings. The molecule has 45 heavy (non-hydrogen) atoms. The van der Waals surface area contributed by atoms with Gasteiger partial charge in [-0.25, -0.2) is 27.9 Å². The number of hydrogen-bond donors (Lipinski definition) is 3. The van der Waals surface area contributed by atoms with Gasteiger partial charge in [-0.3, -0.25) is 10.1 Å². The molecule has 12 nitrogen and oxygen atoms in total. The molecular weight excluding hydrogens is 637 g/mol. The minimum atomic E-state index is -3.94. The second-order valence-corrected chi connectivity index (χ2v) is 14.1. The fraction of sp³-hybridized carbons (Fsp3) is 0.200. The van der Waals surface area contributed by atoms with Crippen molar-refractivity contribution in [1.82, 2.24) is 14.7 Å². The van der Waals surface area contributed by atoms with Gasteiger partial charge in [-0.2, -0.15) is 0 Å². The number of carbonyl (C=O) groups excluding carboxylic acids is 1. The molecule has 0 spiro atoms. The lowest BCUT2D eigenvalue weighted by molar-refractivity contribution is -0.428. The number of aromatic carboxylic acids is 1. The molecule has 0 atom stereocenters. The zero-order valence-electron chi connectivity index (χ0n) is 23.9. The molecule has 0 bridgehead atoms. The number of para-hydroxylation sites is 1. The number of fused-ring (bicyclic) bond motifs is 2. The summed E-state index contributed by atoms with van der Waals surface area (Å²) in [6.45, 7) is 0.849. The maximum atomic E-state index is 13.4. The highest BCUT2D eigenvalue weighted by Crippen LogP contribution is 2.33. The lowest BCUT2D eigenvalue weighted by Crippen LogP contribution is -2.32. The topological polar surface area (TPSA) is 162 Å². The smallest absolute Gasteiger partial charge is 0.355 e. The first-order chi connectivity index (χ1) is 21.6. The van der Waals surface area contributed by atoms with E-state index in [1.807, 2.05) is 41.3 Å². The van der Waals surface area contributed by atoms with Crippen LogP contribution in [-0.2, 0) is 29.4 Å². The van der Waals surface area contributed by atoms with Gasteiger partial charge in [-0.1, -0.05) is 41.7 Å². The molecule has 1 aliphatic rings. The summed E-state index contributed by atoms with van der Waals surface area (Å²) in [6, 6.07) is 18.9. The third-order valence-electron chi connectivity index (χ3n) is 7.33. The van der Waals surface area contributed by atoms with Crippen LogP contribution in [0.4, 0.5) is 16.0 Å². The fourth-order valence-corrected chi connectivity index (χ4v) is 8.09. The number of benzene rings is 3. The van der Waals surface area contributed by atoms with Crippen LogP contribution in [-0.4, -0.2) is 60.3 Å². The van der Waals surface area contributed by atoms with Crippen LogP contribution in [0, 0.1) is 4.91 Å². The molecule has 230 valence electrons. The van der Waals surface area contributed by atoms with Crippen LogP contribution < -0.4 is 14.9 Å². The molecule has 3 heterocycles. The quantitative estimate of drug-likeness (QED) is 0.178. The van der Waals surface area contributed by atoms with Gasteiger partial charge in [0.25, 0.3) is 11.6 Å². The van der Waals surface area contributed by atoms with Crippen LogP contribution in [0.1, 0.15) is 36.9 Å². The number of sulfonamides is 1. The molecule has 2 aromatic heterocycles. The molecule has 5 aromatic rings. The number of amides is 1. The van der Waals surface area contributed by atoms with Gasteiger partial charge < -0.3 is 10.0 Å². The van der Waals surface area contributed by atoms with Crippen molar-refractivity contribution in [2.24, 2.45) is 0 Å². The number of carbonyl (C=O) groups is 2. The summed E-state index contributed by atoms with van der Waals surface area (Å²) < 4.78 is 29.7. The third kappa shape index (κ3) is 6.47. The first kappa shape index (κ1) is 30.5. The highest BCUT2D eigenvalue weighted by atomic mass is 32.2. The molecule has 0 saturated heterocycles.